The van der Waals surface area contributed by atoms with E-state index in [-0.39, 0.29) is 6.04 Å². The average Bonchev–Trinajstić information content (AvgIpc) is 2.26. The fraction of sp³-hybridized carbons (Fsp3) is 0.538. The van der Waals surface area contributed by atoms with Crippen molar-refractivity contribution in [2.75, 3.05) is 13.7 Å². The molecular formula is C13H21NO. The van der Waals surface area contributed by atoms with E-state index in [1.807, 2.05) is 6.07 Å². The minimum absolute atomic E-state index is 0.282. The van der Waals surface area contributed by atoms with Crippen LogP contribution >= 0.6 is 0 Å². The molecule has 1 rings (SSSR count). The van der Waals surface area contributed by atoms with Crippen LogP contribution in [-0.2, 0) is 11.2 Å². The van der Waals surface area contributed by atoms with Crippen molar-refractivity contribution in [2.24, 2.45) is 5.73 Å². The van der Waals surface area contributed by atoms with Crippen molar-refractivity contribution in [2.45, 2.75) is 31.7 Å². The van der Waals surface area contributed by atoms with Crippen molar-refractivity contribution in [1.29, 1.82) is 0 Å². The molecule has 0 aliphatic heterocycles. The van der Waals surface area contributed by atoms with E-state index in [0.29, 0.717) is 0 Å². The second-order valence-corrected chi connectivity index (χ2v) is 3.94. The van der Waals surface area contributed by atoms with Gasteiger partial charge in [0, 0.05) is 19.8 Å². The lowest BCUT2D eigenvalue weighted by atomic mass is 10.0. The molecule has 1 atom stereocenters. The number of methoxy groups -OCH3 is 1. The summed E-state index contributed by atoms with van der Waals surface area (Å²) in [4.78, 5) is 0. The standard InChI is InChI=1S/C13H21NO/c1-15-10-6-5-9-13(14)11-12-7-3-2-4-8-12/h2-4,7-8,13H,5-6,9-11,14H2,1H3. The van der Waals surface area contributed by atoms with E-state index in [1.54, 1.807) is 7.11 Å². The van der Waals surface area contributed by atoms with Crippen LogP contribution in [0.3, 0.4) is 0 Å². The second-order valence-electron chi connectivity index (χ2n) is 3.94. The van der Waals surface area contributed by atoms with E-state index in [2.05, 4.69) is 24.3 Å². The molecule has 0 radical (unpaired) electrons. The van der Waals surface area contributed by atoms with Gasteiger partial charge in [0.15, 0.2) is 0 Å². The largest absolute Gasteiger partial charge is 0.385 e. The maximum absolute atomic E-state index is 6.05. The Hall–Kier alpha value is -0.860. The molecular weight excluding hydrogens is 186 g/mol. The highest BCUT2D eigenvalue weighted by atomic mass is 16.5. The summed E-state index contributed by atoms with van der Waals surface area (Å²) >= 11 is 0. The molecule has 0 heterocycles. The van der Waals surface area contributed by atoms with Gasteiger partial charge in [0.25, 0.3) is 0 Å². The van der Waals surface area contributed by atoms with Crippen LogP contribution in [0.4, 0.5) is 0 Å². The van der Waals surface area contributed by atoms with Crippen LogP contribution in [0.15, 0.2) is 30.3 Å². The number of nitrogens with two attached hydrogens (primary N) is 1. The maximum atomic E-state index is 6.05. The van der Waals surface area contributed by atoms with Crippen LogP contribution in [-0.4, -0.2) is 19.8 Å². The first-order chi connectivity index (χ1) is 7.33. The number of hydrogen-bond acceptors (Lipinski definition) is 2. The summed E-state index contributed by atoms with van der Waals surface area (Å²) in [6.07, 6.45) is 4.33. The summed E-state index contributed by atoms with van der Waals surface area (Å²) in [6, 6.07) is 10.7. The number of hydrogen-bond donors (Lipinski definition) is 1. The van der Waals surface area contributed by atoms with Crippen molar-refractivity contribution in [1.82, 2.24) is 0 Å². The first kappa shape index (κ1) is 12.2. The van der Waals surface area contributed by atoms with Gasteiger partial charge in [0.05, 0.1) is 0 Å². The maximum Gasteiger partial charge on any atom is 0.0462 e. The van der Waals surface area contributed by atoms with Gasteiger partial charge in [-0.05, 0) is 31.2 Å². The molecule has 0 spiro atoms. The Balaban J connectivity index is 2.16. The second kappa shape index (κ2) is 7.43. The molecule has 1 unspecified atom stereocenters. The number of benzene rings is 1. The van der Waals surface area contributed by atoms with Crippen LogP contribution in [0.1, 0.15) is 24.8 Å². The third-order valence-electron chi connectivity index (χ3n) is 2.51. The van der Waals surface area contributed by atoms with Crippen molar-refractivity contribution < 1.29 is 4.74 Å². The molecule has 0 aliphatic rings. The summed E-state index contributed by atoms with van der Waals surface area (Å²) in [6.45, 7) is 0.845. The summed E-state index contributed by atoms with van der Waals surface area (Å²) in [5.74, 6) is 0. The number of unbranched alkanes of at least 4 members (excludes halogenated alkanes) is 1. The summed E-state index contributed by atoms with van der Waals surface area (Å²) < 4.78 is 5.00. The van der Waals surface area contributed by atoms with E-state index in [1.165, 1.54) is 5.56 Å². The highest BCUT2D eigenvalue weighted by Crippen LogP contribution is 2.06. The molecule has 0 bridgehead atoms. The zero-order valence-corrected chi connectivity index (χ0v) is 9.49. The topological polar surface area (TPSA) is 35.2 Å². The summed E-state index contributed by atoms with van der Waals surface area (Å²) in [5, 5.41) is 0. The van der Waals surface area contributed by atoms with Gasteiger partial charge in [-0.25, -0.2) is 0 Å². The molecule has 0 amide bonds. The van der Waals surface area contributed by atoms with Crippen molar-refractivity contribution in [3.63, 3.8) is 0 Å². The lowest BCUT2D eigenvalue weighted by Gasteiger charge is -2.11. The van der Waals surface area contributed by atoms with Crippen molar-refractivity contribution in [3.8, 4) is 0 Å². The third kappa shape index (κ3) is 5.55. The van der Waals surface area contributed by atoms with Crippen LogP contribution in [0.2, 0.25) is 0 Å². The van der Waals surface area contributed by atoms with Gasteiger partial charge in [-0.15, -0.1) is 0 Å². The molecule has 2 nitrogen and oxygen atoms in total. The first-order valence-electron chi connectivity index (χ1n) is 5.61. The van der Waals surface area contributed by atoms with E-state index in [0.717, 1.165) is 32.3 Å². The van der Waals surface area contributed by atoms with Gasteiger partial charge >= 0.3 is 0 Å². The molecule has 2 N–H and O–H groups in total. The van der Waals surface area contributed by atoms with Gasteiger partial charge in [0.1, 0.15) is 0 Å². The number of ether oxygens (including phenoxy) is 1. The minimum atomic E-state index is 0.282. The van der Waals surface area contributed by atoms with E-state index in [4.69, 9.17) is 10.5 Å². The highest BCUT2D eigenvalue weighted by Gasteiger charge is 2.03. The Morgan fingerprint density at radius 2 is 1.93 bits per heavy atom. The Morgan fingerprint density at radius 3 is 2.60 bits per heavy atom. The summed E-state index contributed by atoms with van der Waals surface area (Å²) in [7, 11) is 1.74. The predicted molar refractivity (Wildman–Crippen MR) is 63.8 cm³/mol. The smallest absolute Gasteiger partial charge is 0.0462 e. The fourth-order valence-electron chi connectivity index (χ4n) is 1.67. The molecule has 0 aliphatic carbocycles. The van der Waals surface area contributed by atoms with Crippen LogP contribution in [0.25, 0.3) is 0 Å². The van der Waals surface area contributed by atoms with Crippen molar-refractivity contribution >= 4 is 0 Å². The van der Waals surface area contributed by atoms with Gasteiger partial charge < -0.3 is 10.5 Å². The number of rotatable bonds is 7. The fourth-order valence-corrected chi connectivity index (χ4v) is 1.67. The first-order valence-corrected chi connectivity index (χ1v) is 5.61. The van der Waals surface area contributed by atoms with E-state index < -0.39 is 0 Å². The van der Waals surface area contributed by atoms with E-state index >= 15 is 0 Å². The molecule has 1 aromatic rings. The summed E-state index contributed by atoms with van der Waals surface area (Å²) in [5.41, 5.74) is 7.38. The highest BCUT2D eigenvalue weighted by molar-refractivity contribution is 5.15. The van der Waals surface area contributed by atoms with Gasteiger partial charge in [-0.2, -0.15) is 0 Å². The molecule has 0 saturated heterocycles. The monoisotopic (exact) mass is 207 g/mol. The lowest BCUT2D eigenvalue weighted by molar-refractivity contribution is 0.191. The van der Waals surface area contributed by atoms with Crippen molar-refractivity contribution in [3.05, 3.63) is 35.9 Å². The molecule has 0 fully saturated rings. The minimum Gasteiger partial charge on any atom is -0.385 e. The molecule has 0 aromatic heterocycles. The zero-order valence-electron chi connectivity index (χ0n) is 9.49. The third-order valence-corrected chi connectivity index (χ3v) is 2.51. The normalized spacial score (nSPS) is 12.7. The lowest BCUT2D eigenvalue weighted by Crippen LogP contribution is -2.22. The SMILES string of the molecule is COCCCCC(N)Cc1ccccc1. The molecule has 15 heavy (non-hydrogen) atoms. The van der Waals surface area contributed by atoms with Crippen LogP contribution < -0.4 is 5.73 Å². The average molecular weight is 207 g/mol. The molecule has 2 heteroatoms. The Kier molecular flexibility index (Phi) is 6.05. The van der Waals surface area contributed by atoms with E-state index in [9.17, 15) is 0 Å². The van der Waals surface area contributed by atoms with Crippen LogP contribution in [0.5, 0.6) is 0 Å². The quantitative estimate of drug-likeness (QED) is 0.697. The van der Waals surface area contributed by atoms with Gasteiger partial charge in [0.2, 0.25) is 0 Å². The van der Waals surface area contributed by atoms with Crippen LogP contribution in [0, 0.1) is 0 Å². The van der Waals surface area contributed by atoms with Gasteiger partial charge in [-0.1, -0.05) is 30.3 Å². The zero-order chi connectivity index (χ0) is 10.9. The predicted octanol–water partition coefficient (Wildman–Crippen LogP) is 2.37. The van der Waals surface area contributed by atoms with Gasteiger partial charge in [-0.3, -0.25) is 0 Å². The molecule has 1 aromatic carbocycles. The Labute approximate surface area is 92.4 Å². The molecule has 84 valence electrons. The Morgan fingerprint density at radius 1 is 1.20 bits per heavy atom. The molecule has 0 saturated carbocycles. The Bertz CT molecular complexity index is 248.